The topological polar surface area (TPSA) is 22.1 Å². The summed E-state index contributed by atoms with van der Waals surface area (Å²) in [5, 5.41) is 0. The van der Waals surface area contributed by atoms with Crippen LogP contribution in [0.5, 0.6) is 5.88 Å². The number of nitrogens with zero attached hydrogens (tertiary/aromatic N) is 1. The Bertz CT molecular complexity index is 608. The number of rotatable bonds is 4. The average molecular weight is 273 g/mol. The minimum atomic E-state index is -0.198. The van der Waals surface area contributed by atoms with Gasteiger partial charge >= 0.3 is 0 Å². The van der Waals surface area contributed by atoms with Crippen LogP contribution in [-0.4, -0.2) is 12.1 Å². The Labute approximate surface area is 119 Å². The Hall–Kier alpha value is -1.90. The van der Waals surface area contributed by atoms with Crippen molar-refractivity contribution in [3.05, 3.63) is 47.4 Å². The number of methoxy groups -OCH3 is 1. The van der Waals surface area contributed by atoms with Crippen molar-refractivity contribution < 1.29 is 9.13 Å². The molecule has 0 aliphatic carbocycles. The van der Waals surface area contributed by atoms with Gasteiger partial charge in [0.1, 0.15) is 5.82 Å². The van der Waals surface area contributed by atoms with Gasteiger partial charge in [0.05, 0.1) is 7.11 Å². The summed E-state index contributed by atoms with van der Waals surface area (Å²) in [6.45, 7) is 6.27. The summed E-state index contributed by atoms with van der Waals surface area (Å²) in [4.78, 5) is 4.10. The summed E-state index contributed by atoms with van der Waals surface area (Å²) in [5.41, 5.74) is 4.12. The molecule has 0 atom stereocenters. The lowest BCUT2D eigenvalue weighted by Crippen LogP contribution is -2.00. The fourth-order valence-electron chi connectivity index (χ4n) is 2.51. The van der Waals surface area contributed by atoms with Crippen LogP contribution in [0.2, 0.25) is 0 Å². The Kier molecular flexibility index (Phi) is 4.38. The quantitative estimate of drug-likeness (QED) is 0.813. The second kappa shape index (κ2) is 6.04. The molecule has 1 heterocycles. The van der Waals surface area contributed by atoms with Crippen molar-refractivity contribution in [2.24, 2.45) is 0 Å². The van der Waals surface area contributed by atoms with Gasteiger partial charge in [0, 0.05) is 12.3 Å². The van der Waals surface area contributed by atoms with E-state index in [0.717, 1.165) is 23.1 Å². The van der Waals surface area contributed by atoms with E-state index in [4.69, 9.17) is 4.74 Å². The maximum Gasteiger partial charge on any atom is 0.213 e. The largest absolute Gasteiger partial charge is 0.481 e. The molecule has 0 fully saturated rings. The lowest BCUT2D eigenvalue weighted by atomic mass is 9.89. The van der Waals surface area contributed by atoms with E-state index in [9.17, 15) is 4.39 Å². The number of hydrogen-bond donors (Lipinski definition) is 0. The van der Waals surface area contributed by atoms with Crippen LogP contribution >= 0.6 is 0 Å². The van der Waals surface area contributed by atoms with E-state index in [1.807, 2.05) is 12.1 Å². The fraction of sp³-hybridized carbons (Fsp3) is 0.353. The molecule has 0 bridgehead atoms. The Morgan fingerprint density at radius 3 is 2.60 bits per heavy atom. The van der Waals surface area contributed by atoms with Crippen molar-refractivity contribution in [1.29, 1.82) is 0 Å². The van der Waals surface area contributed by atoms with Crippen LogP contribution in [0.3, 0.4) is 0 Å². The standard InChI is InChI=1S/C17H20FNO/c1-5-14-15(11(2)3)9-13(18)10-16(14)12-6-7-19-17(8-12)20-4/h6-11H,5H2,1-4H3. The lowest BCUT2D eigenvalue weighted by Gasteiger charge is -2.17. The van der Waals surface area contributed by atoms with Gasteiger partial charge in [-0.2, -0.15) is 0 Å². The minimum Gasteiger partial charge on any atom is -0.481 e. The summed E-state index contributed by atoms with van der Waals surface area (Å²) < 4.78 is 19.1. The van der Waals surface area contributed by atoms with Crippen LogP contribution < -0.4 is 4.74 Å². The smallest absolute Gasteiger partial charge is 0.213 e. The SMILES string of the molecule is CCc1c(-c2ccnc(OC)c2)cc(F)cc1C(C)C. The van der Waals surface area contributed by atoms with Crippen molar-refractivity contribution in [3.63, 3.8) is 0 Å². The zero-order chi connectivity index (χ0) is 14.7. The molecule has 0 N–H and O–H groups in total. The molecule has 0 aliphatic rings. The third-order valence-electron chi connectivity index (χ3n) is 3.48. The molecule has 1 aromatic heterocycles. The molecule has 2 nitrogen and oxygen atoms in total. The van der Waals surface area contributed by atoms with Gasteiger partial charge in [-0.05, 0) is 52.8 Å². The van der Waals surface area contributed by atoms with Crippen molar-refractivity contribution in [2.75, 3.05) is 7.11 Å². The van der Waals surface area contributed by atoms with Gasteiger partial charge in [0.2, 0.25) is 5.88 Å². The molecule has 20 heavy (non-hydrogen) atoms. The van der Waals surface area contributed by atoms with Gasteiger partial charge in [-0.3, -0.25) is 0 Å². The van der Waals surface area contributed by atoms with Crippen molar-refractivity contribution in [3.8, 4) is 17.0 Å². The lowest BCUT2D eigenvalue weighted by molar-refractivity contribution is 0.398. The van der Waals surface area contributed by atoms with Gasteiger partial charge in [0.15, 0.2) is 0 Å². The molecule has 0 aliphatic heterocycles. The van der Waals surface area contributed by atoms with Gasteiger partial charge in [-0.15, -0.1) is 0 Å². The number of pyridine rings is 1. The third kappa shape index (κ3) is 2.82. The third-order valence-corrected chi connectivity index (χ3v) is 3.48. The van der Waals surface area contributed by atoms with Crippen molar-refractivity contribution >= 4 is 0 Å². The first-order valence-electron chi connectivity index (χ1n) is 6.89. The first-order valence-corrected chi connectivity index (χ1v) is 6.89. The normalized spacial score (nSPS) is 10.9. The molecule has 3 heteroatoms. The number of aromatic nitrogens is 1. The predicted octanol–water partition coefficient (Wildman–Crippen LogP) is 4.58. The van der Waals surface area contributed by atoms with Crippen LogP contribution in [0, 0.1) is 5.82 Å². The molecule has 106 valence electrons. The van der Waals surface area contributed by atoms with Crippen molar-refractivity contribution in [1.82, 2.24) is 4.98 Å². The summed E-state index contributed by atoms with van der Waals surface area (Å²) in [5.74, 6) is 0.639. The van der Waals surface area contributed by atoms with E-state index in [0.29, 0.717) is 11.8 Å². The van der Waals surface area contributed by atoms with Crippen LogP contribution in [0.25, 0.3) is 11.1 Å². The van der Waals surface area contributed by atoms with Gasteiger partial charge in [-0.1, -0.05) is 20.8 Å². The number of ether oxygens (including phenoxy) is 1. The molecular formula is C17H20FNO. The molecule has 0 saturated heterocycles. The zero-order valence-corrected chi connectivity index (χ0v) is 12.4. The van der Waals surface area contributed by atoms with Gasteiger partial charge in [0.25, 0.3) is 0 Å². The van der Waals surface area contributed by atoms with Crippen molar-refractivity contribution in [2.45, 2.75) is 33.1 Å². The van der Waals surface area contributed by atoms with Gasteiger partial charge < -0.3 is 4.74 Å². The van der Waals surface area contributed by atoms with E-state index in [-0.39, 0.29) is 5.82 Å². The van der Waals surface area contributed by atoms with Crippen LogP contribution in [0.1, 0.15) is 37.8 Å². The average Bonchev–Trinajstić information content (AvgIpc) is 2.46. The first kappa shape index (κ1) is 14.5. The molecule has 1 aromatic carbocycles. The molecule has 2 aromatic rings. The minimum absolute atomic E-state index is 0.198. The molecule has 0 amide bonds. The molecule has 0 spiro atoms. The van der Waals surface area contributed by atoms with Crippen LogP contribution in [0.4, 0.5) is 4.39 Å². The van der Waals surface area contributed by atoms with Crippen LogP contribution in [-0.2, 0) is 6.42 Å². The highest BCUT2D eigenvalue weighted by atomic mass is 19.1. The molecule has 2 rings (SSSR count). The maximum absolute atomic E-state index is 13.9. The second-order valence-electron chi connectivity index (χ2n) is 5.12. The van der Waals surface area contributed by atoms with Crippen LogP contribution in [0.15, 0.2) is 30.5 Å². The van der Waals surface area contributed by atoms with E-state index >= 15 is 0 Å². The number of hydrogen-bond acceptors (Lipinski definition) is 2. The first-order chi connectivity index (χ1) is 9.56. The molecule has 0 saturated carbocycles. The molecular weight excluding hydrogens is 253 g/mol. The fourth-order valence-corrected chi connectivity index (χ4v) is 2.51. The van der Waals surface area contributed by atoms with E-state index in [2.05, 4.69) is 25.8 Å². The van der Waals surface area contributed by atoms with E-state index < -0.39 is 0 Å². The predicted molar refractivity (Wildman–Crippen MR) is 79.7 cm³/mol. The van der Waals surface area contributed by atoms with Gasteiger partial charge in [-0.25, -0.2) is 9.37 Å². The summed E-state index contributed by atoms with van der Waals surface area (Å²) in [6.07, 6.45) is 2.56. The Balaban J connectivity index is 2.65. The molecule has 0 radical (unpaired) electrons. The van der Waals surface area contributed by atoms with E-state index in [1.165, 1.54) is 5.56 Å². The monoisotopic (exact) mass is 273 g/mol. The second-order valence-corrected chi connectivity index (χ2v) is 5.12. The summed E-state index contributed by atoms with van der Waals surface area (Å²) in [6, 6.07) is 6.98. The summed E-state index contributed by atoms with van der Waals surface area (Å²) >= 11 is 0. The highest BCUT2D eigenvalue weighted by Gasteiger charge is 2.14. The molecule has 0 unspecified atom stereocenters. The highest BCUT2D eigenvalue weighted by Crippen LogP contribution is 2.32. The zero-order valence-electron chi connectivity index (χ0n) is 12.4. The highest BCUT2D eigenvalue weighted by molar-refractivity contribution is 5.70. The summed E-state index contributed by atoms with van der Waals surface area (Å²) in [7, 11) is 1.58. The Morgan fingerprint density at radius 2 is 2.00 bits per heavy atom. The Morgan fingerprint density at radius 1 is 1.25 bits per heavy atom. The van der Waals surface area contributed by atoms with E-state index in [1.54, 1.807) is 25.4 Å². The number of halogens is 1. The maximum atomic E-state index is 13.9. The number of benzene rings is 1.